The molecule has 46 heavy (non-hydrogen) atoms. The first kappa shape index (κ1) is 34.9. The molecular formula is C28H36F6N8O3Si. The molecule has 0 aliphatic carbocycles. The van der Waals surface area contributed by atoms with Crippen LogP contribution in [0.15, 0.2) is 41.8 Å². The lowest BCUT2D eigenvalue weighted by Crippen LogP contribution is -2.49. The van der Waals surface area contributed by atoms with Crippen molar-refractivity contribution in [3.05, 3.63) is 64.1 Å². The number of aromatic nitrogens is 5. The molecule has 1 aliphatic heterocycles. The summed E-state index contributed by atoms with van der Waals surface area (Å²) < 4.78 is 87.9. The van der Waals surface area contributed by atoms with E-state index in [1.165, 1.54) is 0 Å². The van der Waals surface area contributed by atoms with E-state index in [9.17, 15) is 35.9 Å². The van der Waals surface area contributed by atoms with Crippen LogP contribution in [0.25, 0.3) is 0 Å². The maximum absolute atomic E-state index is 13.9. The number of rotatable bonds is 11. The molecule has 18 heteroatoms. The van der Waals surface area contributed by atoms with Crippen molar-refractivity contribution in [2.75, 3.05) is 43.0 Å². The zero-order valence-corrected chi connectivity index (χ0v) is 26.8. The van der Waals surface area contributed by atoms with Crippen molar-refractivity contribution >= 4 is 25.6 Å². The predicted molar refractivity (Wildman–Crippen MR) is 160 cm³/mol. The third-order valence-corrected chi connectivity index (χ3v) is 8.94. The lowest BCUT2D eigenvalue weighted by Gasteiger charge is -2.34. The number of hydrogen-bond donors (Lipinski definition) is 1. The summed E-state index contributed by atoms with van der Waals surface area (Å²) in [5.74, 6) is -0.133. The molecule has 1 saturated heterocycles. The molecule has 1 amide bonds. The number of ether oxygens (including phenoxy) is 1. The summed E-state index contributed by atoms with van der Waals surface area (Å²) in [6, 6.07) is 1.79. The van der Waals surface area contributed by atoms with Crippen molar-refractivity contribution in [2.45, 2.75) is 64.3 Å². The first-order chi connectivity index (χ1) is 21.4. The molecule has 1 atom stereocenters. The largest absolute Gasteiger partial charge is 0.423 e. The van der Waals surface area contributed by atoms with Gasteiger partial charge in [-0.25, -0.2) is 14.6 Å². The van der Waals surface area contributed by atoms with Gasteiger partial charge in [-0.15, -0.1) is 0 Å². The van der Waals surface area contributed by atoms with E-state index in [2.05, 4.69) is 40.0 Å². The van der Waals surface area contributed by atoms with Crippen LogP contribution < -0.4 is 15.8 Å². The second-order valence-electron chi connectivity index (χ2n) is 12.3. The van der Waals surface area contributed by atoms with E-state index < -0.39 is 48.8 Å². The van der Waals surface area contributed by atoms with Crippen molar-refractivity contribution < 1.29 is 35.9 Å². The number of anilines is 2. The fraction of sp³-hybridized carbons (Fsp3) is 0.536. The molecule has 0 radical (unpaired) electrons. The highest BCUT2D eigenvalue weighted by molar-refractivity contribution is 6.76. The summed E-state index contributed by atoms with van der Waals surface area (Å²) in [7, 11) is -1.42. The molecule has 1 N–H and O–H groups in total. The maximum Gasteiger partial charge on any atom is 0.423 e. The van der Waals surface area contributed by atoms with Gasteiger partial charge in [0.1, 0.15) is 12.3 Å². The second kappa shape index (κ2) is 13.8. The highest BCUT2D eigenvalue weighted by Crippen LogP contribution is 2.32. The Labute approximate surface area is 262 Å². The monoisotopic (exact) mass is 674 g/mol. The minimum atomic E-state index is -4.93. The van der Waals surface area contributed by atoms with E-state index in [1.807, 2.05) is 0 Å². The second-order valence-corrected chi connectivity index (χ2v) is 17.9. The first-order valence-corrected chi connectivity index (χ1v) is 18.2. The summed E-state index contributed by atoms with van der Waals surface area (Å²) in [6.45, 7) is 9.33. The average Bonchev–Trinajstić information content (AvgIpc) is 3.42. The molecule has 0 spiro atoms. The maximum atomic E-state index is 13.9. The molecular weight excluding hydrogens is 638 g/mol. The number of hydrogen-bond acceptors (Lipinski definition) is 8. The molecule has 252 valence electrons. The summed E-state index contributed by atoms with van der Waals surface area (Å²) in [5.41, 5.74) is -3.72. The van der Waals surface area contributed by atoms with Gasteiger partial charge in [-0.1, -0.05) is 19.6 Å². The summed E-state index contributed by atoms with van der Waals surface area (Å²) in [4.78, 5) is 36.7. The van der Waals surface area contributed by atoms with Gasteiger partial charge in [0, 0.05) is 78.2 Å². The molecule has 3 aromatic rings. The molecule has 0 saturated carbocycles. The minimum absolute atomic E-state index is 0.139. The first-order valence-electron chi connectivity index (χ1n) is 14.5. The Bertz CT molecular complexity index is 1540. The Kier molecular flexibility index (Phi) is 10.5. The zero-order valence-electron chi connectivity index (χ0n) is 25.8. The number of amides is 1. The van der Waals surface area contributed by atoms with E-state index in [0.29, 0.717) is 29.9 Å². The smallest absolute Gasteiger partial charge is 0.379 e. The van der Waals surface area contributed by atoms with E-state index in [0.717, 1.165) is 24.6 Å². The van der Waals surface area contributed by atoms with Crippen molar-refractivity contribution in [2.24, 2.45) is 0 Å². The number of piperazine rings is 1. The third kappa shape index (κ3) is 9.08. The van der Waals surface area contributed by atoms with Gasteiger partial charge in [-0.2, -0.15) is 31.4 Å². The molecule has 3 aromatic heterocycles. The Morgan fingerprint density at radius 1 is 1.02 bits per heavy atom. The number of alkyl halides is 6. The average molecular weight is 675 g/mol. The predicted octanol–water partition coefficient (Wildman–Crippen LogP) is 4.65. The molecule has 4 heterocycles. The van der Waals surface area contributed by atoms with Crippen LogP contribution in [0.2, 0.25) is 25.7 Å². The number of carbonyl (C=O) groups excluding carboxylic acids is 1. The Morgan fingerprint density at radius 3 is 2.26 bits per heavy atom. The van der Waals surface area contributed by atoms with Crippen molar-refractivity contribution in [1.29, 1.82) is 0 Å². The quantitative estimate of drug-likeness (QED) is 0.178. The minimum Gasteiger partial charge on any atom is -0.379 e. The molecule has 4 rings (SSSR count). The van der Waals surface area contributed by atoms with Gasteiger partial charge < -0.3 is 24.4 Å². The van der Waals surface area contributed by atoms with Gasteiger partial charge in [-0.3, -0.25) is 9.59 Å². The zero-order chi connectivity index (χ0) is 33.9. The van der Waals surface area contributed by atoms with Crippen molar-refractivity contribution in [1.82, 2.24) is 29.2 Å². The molecule has 0 bridgehead atoms. The fourth-order valence-electron chi connectivity index (χ4n) is 4.72. The third-order valence-electron chi connectivity index (χ3n) is 7.24. The summed E-state index contributed by atoms with van der Waals surface area (Å²) in [5, 5.41) is 6.61. The Hall–Kier alpha value is -3.93. The molecule has 1 fully saturated rings. The number of nitrogens with one attached hydrogen (secondary N) is 1. The molecule has 0 unspecified atom stereocenters. The molecule has 11 nitrogen and oxygen atoms in total. The topological polar surface area (TPSA) is 110 Å². The van der Waals surface area contributed by atoms with Gasteiger partial charge >= 0.3 is 12.4 Å². The van der Waals surface area contributed by atoms with Crippen molar-refractivity contribution in [3.8, 4) is 0 Å². The standard InChI is InChI=1S/C28H36F6N8O3Si/c1-19(38-22-15-37-42(18-45-11-12-46(2,3)4)25(44)23(22)28(32,33)34)16-39-6-5-20(17-39)24(43)40-7-9-41(10-8-40)26-35-13-21(14-36-26)27(29,30)31/h5-6,13-15,17,19,38H,7-12,16,18H2,1-4H3/t19-/m0/s1. The van der Waals surface area contributed by atoms with Crippen LogP contribution in [0, 0.1) is 0 Å². The van der Waals surface area contributed by atoms with Gasteiger partial charge in [0.05, 0.1) is 23.0 Å². The Balaban J connectivity index is 1.34. The van der Waals surface area contributed by atoms with Crippen LogP contribution in [0.4, 0.5) is 38.0 Å². The van der Waals surface area contributed by atoms with E-state index in [4.69, 9.17) is 4.74 Å². The van der Waals surface area contributed by atoms with Gasteiger partial charge in [0.2, 0.25) is 5.95 Å². The number of nitrogens with zero attached hydrogens (tertiary/aromatic N) is 7. The molecule has 0 aromatic carbocycles. The van der Waals surface area contributed by atoms with E-state index in [-0.39, 0.29) is 38.2 Å². The van der Waals surface area contributed by atoms with Gasteiger partial charge in [-0.05, 0) is 19.0 Å². The van der Waals surface area contributed by atoms with Gasteiger partial charge in [0.25, 0.3) is 11.5 Å². The number of halogens is 6. The fourth-order valence-corrected chi connectivity index (χ4v) is 5.48. The van der Waals surface area contributed by atoms with Crippen LogP contribution in [0.3, 0.4) is 0 Å². The summed E-state index contributed by atoms with van der Waals surface area (Å²) in [6.07, 6.45) is -3.87. The van der Waals surface area contributed by atoms with Crippen LogP contribution in [-0.4, -0.2) is 82.0 Å². The van der Waals surface area contributed by atoms with Crippen LogP contribution in [-0.2, 0) is 30.4 Å². The lowest BCUT2D eigenvalue weighted by molar-refractivity contribution is -0.139. The summed E-state index contributed by atoms with van der Waals surface area (Å²) >= 11 is 0. The van der Waals surface area contributed by atoms with E-state index in [1.54, 1.807) is 39.8 Å². The van der Waals surface area contributed by atoms with Gasteiger partial charge in [0.15, 0.2) is 0 Å². The SMILES string of the molecule is C[C@@H](Cn1ccc(C(=O)N2CCN(c3ncc(C(F)(F)F)cn3)CC2)c1)Nc1cnn(COCC[Si](C)(C)C)c(=O)c1C(F)(F)F. The normalized spacial score (nSPS) is 15.3. The van der Waals surface area contributed by atoms with Crippen molar-refractivity contribution in [3.63, 3.8) is 0 Å². The molecule has 1 aliphatic rings. The lowest BCUT2D eigenvalue weighted by atomic mass is 10.2. The van der Waals surface area contributed by atoms with Crippen LogP contribution in [0.1, 0.15) is 28.4 Å². The van der Waals surface area contributed by atoms with Crippen LogP contribution >= 0.6 is 0 Å². The number of carbonyl (C=O) groups is 1. The Morgan fingerprint density at radius 2 is 1.67 bits per heavy atom. The van der Waals surface area contributed by atoms with Crippen LogP contribution in [0.5, 0.6) is 0 Å². The highest BCUT2D eigenvalue weighted by atomic mass is 28.3. The highest BCUT2D eigenvalue weighted by Gasteiger charge is 2.38. The van der Waals surface area contributed by atoms with E-state index >= 15 is 0 Å².